The van der Waals surface area contributed by atoms with Crippen molar-refractivity contribution in [2.45, 2.75) is 58.9 Å². The third-order valence-corrected chi connectivity index (χ3v) is 4.29. The molecule has 0 radical (unpaired) electrons. The molecule has 0 aromatic carbocycles. The Morgan fingerprint density at radius 3 is 1.83 bits per heavy atom. The molecule has 0 aromatic rings. The molecule has 2 nitrogen and oxygen atoms in total. The van der Waals surface area contributed by atoms with Crippen molar-refractivity contribution in [2.24, 2.45) is 5.92 Å². The molecule has 2 fully saturated rings. The Hall–Kier alpha value is -0.150. The first kappa shape index (κ1) is 17.8. The van der Waals surface area contributed by atoms with Gasteiger partial charge in [-0.3, -0.25) is 4.70 Å². The molecule has 110 valence electrons. The van der Waals surface area contributed by atoms with E-state index in [0.29, 0.717) is 0 Å². The first-order valence-electron chi connectivity index (χ1n) is 7.56. The number of hydrogen-bond acceptors (Lipinski definition) is 2. The van der Waals surface area contributed by atoms with Crippen LogP contribution >= 0.6 is 0 Å². The normalized spacial score (nSPS) is 22.5. The Labute approximate surface area is 113 Å². The van der Waals surface area contributed by atoms with Gasteiger partial charge in [-0.05, 0) is 78.7 Å². The topological polar surface area (TPSA) is 6.48 Å². The summed E-state index contributed by atoms with van der Waals surface area (Å²) in [5, 5.41) is 0. The molecule has 2 saturated heterocycles. The summed E-state index contributed by atoms with van der Waals surface area (Å²) >= 11 is 0. The second kappa shape index (κ2) is 9.74. The fourth-order valence-electron chi connectivity index (χ4n) is 2.73. The number of halogens is 1. The summed E-state index contributed by atoms with van der Waals surface area (Å²) < 4.78 is 0. The van der Waals surface area contributed by atoms with E-state index >= 15 is 0 Å². The van der Waals surface area contributed by atoms with Crippen LogP contribution in [0.1, 0.15) is 52.9 Å². The summed E-state index contributed by atoms with van der Waals surface area (Å²) in [7, 11) is 2.21. The fraction of sp³-hybridized carbons (Fsp3) is 1.00. The van der Waals surface area contributed by atoms with Crippen LogP contribution in [0.4, 0.5) is 4.70 Å². The smallest absolute Gasteiger partial charge is 0.00385 e. The Kier molecular flexibility index (Phi) is 9.66. The van der Waals surface area contributed by atoms with Crippen molar-refractivity contribution < 1.29 is 4.70 Å². The Morgan fingerprint density at radius 2 is 1.50 bits per heavy atom. The fourth-order valence-corrected chi connectivity index (χ4v) is 2.73. The van der Waals surface area contributed by atoms with Crippen LogP contribution in [0.2, 0.25) is 0 Å². The lowest BCUT2D eigenvalue weighted by Gasteiger charge is -2.27. The van der Waals surface area contributed by atoms with Crippen molar-refractivity contribution in [2.75, 3.05) is 33.2 Å². The van der Waals surface area contributed by atoms with Crippen LogP contribution in [0.5, 0.6) is 0 Å². The lowest BCUT2D eigenvalue weighted by Crippen LogP contribution is -2.29. The van der Waals surface area contributed by atoms with Gasteiger partial charge in [0, 0.05) is 6.04 Å². The summed E-state index contributed by atoms with van der Waals surface area (Å²) in [6.45, 7) is 12.1. The van der Waals surface area contributed by atoms with Crippen LogP contribution in [0.3, 0.4) is 0 Å². The number of hydrogen-bond donors (Lipinski definition) is 0. The zero-order chi connectivity index (χ0) is 12.7. The maximum Gasteiger partial charge on any atom is 0.00385 e. The second-order valence-electron chi connectivity index (χ2n) is 5.99. The van der Waals surface area contributed by atoms with Crippen molar-refractivity contribution in [3.8, 4) is 0 Å². The van der Waals surface area contributed by atoms with Crippen LogP contribution in [0.25, 0.3) is 0 Å². The predicted molar refractivity (Wildman–Crippen MR) is 79.0 cm³/mol. The largest absolute Gasteiger partial charge is 0.306 e. The zero-order valence-corrected chi connectivity index (χ0v) is 12.8. The van der Waals surface area contributed by atoms with Crippen molar-refractivity contribution in [1.82, 2.24) is 9.80 Å². The van der Waals surface area contributed by atoms with Gasteiger partial charge >= 0.3 is 0 Å². The van der Waals surface area contributed by atoms with Gasteiger partial charge in [0.1, 0.15) is 0 Å². The number of likely N-dealkylation sites (tertiary alicyclic amines) is 2. The molecule has 0 spiro atoms. The predicted octanol–water partition coefficient (Wildman–Crippen LogP) is 3.38. The van der Waals surface area contributed by atoms with Gasteiger partial charge in [0.05, 0.1) is 0 Å². The Bertz CT molecular complexity index is 183. The summed E-state index contributed by atoms with van der Waals surface area (Å²) in [5.74, 6) is 1.03. The highest BCUT2D eigenvalue weighted by molar-refractivity contribution is 4.69. The van der Waals surface area contributed by atoms with E-state index < -0.39 is 0 Å². The van der Waals surface area contributed by atoms with Crippen molar-refractivity contribution >= 4 is 0 Å². The first-order valence-corrected chi connectivity index (χ1v) is 7.56. The SMILES string of the molecule is CC(C)N1CCCC1.CCC1CCN(C)CC1.F. The Balaban J connectivity index is 0.000000306. The van der Waals surface area contributed by atoms with E-state index in [2.05, 4.69) is 37.6 Å². The van der Waals surface area contributed by atoms with Crippen molar-refractivity contribution in [3.05, 3.63) is 0 Å². The van der Waals surface area contributed by atoms with Gasteiger partial charge in [0.25, 0.3) is 0 Å². The van der Waals surface area contributed by atoms with E-state index in [-0.39, 0.29) is 4.70 Å². The monoisotopic (exact) mass is 260 g/mol. The molecule has 0 unspecified atom stereocenters. The number of rotatable bonds is 2. The van der Waals surface area contributed by atoms with E-state index in [1.807, 2.05) is 0 Å². The standard InChI is InChI=1S/C8H17N.C7H15N.FH/c1-3-8-4-6-9(2)7-5-8;1-7(2)8-5-3-4-6-8;/h8H,3-7H2,1-2H3;7H,3-6H2,1-2H3;1H. The molecule has 0 saturated carbocycles. The summed E-state index contributed by atoms with van der Waals surface area (Å²) in [4.78, 5) is 4.95. The molecule has 0 bridgehead atoms. The molecular weight excluding hydrogens is 227 g/mol. The third-order valence-electron chi connectivity index (χ3n) is 4.29. The minimum Gasteiger partial charge on any atom is -0.306 e. The average molecular weight is 260 g/mol. The van der Waals surface area contributed by atoms with Crippen molar-refractivity contribution in [3.63, 3.8) is 0 Å². The van der Waals surface area contributed by atoms with E-state index in [0.717, 1.165) is 12.0 Å². The van der Waals surface area contributed by atoms with Gasteiger partial charge in [0.15, 0.2) is 0 Å². The lowest BCUT2D eigenvalue weighted by molar-refractivity contribution is 0.216. The highest BCUT2D eigenvalue weighted by atomic mass is 19.0. The van der Waals surface area contributed by atoms with Gasteiger partial charge in [-0.15, -0.1) is 0 Å². The van der Waals surface area contributed by atoms with Gasteiger partial charge in [-0.2, -0.15) is 0 Å². The molecule has 0 amide bonds. The Morgan fingerprint density at radius 1 is 1.00 bits per heavy atom. The number of nitrogens with zero attached hydrogens (tertiary/aromatic N) is 2. The van der Waals surface area contributed by atoms with E-state index in [9.17, 15) is 0 Å². The zero-order valence-electron chi connectivity index (χ0n) is 12.8. The maximum atomic E-state index is 2.53. The third kappa shape index (κ3) is 6.69. The van der Waals surface area contributed by atoms with E-state index in [4.69, 9.17) is 0 Å². The van der Waals surface area contributed by atoms with Gasteiger partial charge in [-0.1, -0.05) is 13.3 Å². The van der Waals surface area contributed by atoms with Crippen LogP contribution in [0.15, 0.2) is 0 Å². The highest BCUT2D eigenvalue weighted by Crippen LogP contribution is 2.18. The summed E-state index contributed by atoms with van der Waals surface area (Å²) in [5.41, 5.74) is 0. The van der Waals surface area contributed by atoms with E-state index in [1.165, 1.54) is 58.3 Å². The molecule has 3 heteroatoms. The summed E-state index contributed by atoms with van der Waals surface area (Å²) in [6.07, 6.45) is 7.06. The molecular formula is C15H33FN2. The molecule has 0 N–H and O–H groups in total. The molecule has 0 aromatic heterocycles. The molecule has 2 rings (SSSR count). The molecule has 0 aliphatic carbocycles. The second-order valence-corrected chi connectivity index (χ2v) is 5.99. The minimum absolute atomic E-state index is 0. The first-order chi connectivity index (χ1) is 8.13. The molecule has 18 heavy (non-hydrogen) atoms. The lowest BCUT2D eigenvalue weighted by atomic mass is 9.95. The maximum absolute atomic E-state index is 2.53. The van der Waals surface area contributed by atoms with Gasteiger partial charge in [-0.25, -0.2) is 0 Å². The molecule has 0 atom stereocenters. The quantitative estimate of drug-likeness (QED) is 0.751. The van der Waals surface area contributed by atoms with Crippen molar-refractivity contribution in [1.29, 1.82) is 0 Å². The van der Waals surface area contributed by atoms with E-state index in [1.54, 1.807) is 0 Å². The van der Waals surface area contributed by atoms with Crippen LogP contribution < -0.4 is 0 Å². The summed E-state index contributed by atoms with van der Waals surface area (Å²) in [6, 6.07) is 0.775. The van der Waals surface area contributed by atoms with Gasteiger partial charge < -0.3 is 9.80 Å². The van der Waals surface area contributed by atoms with Gasteiger partial charge in [0.2, 0.25) is 0 Å². The van der Waals surface area contributed by atoms with Crippen LogP contribution in [-0.2, 0) is 0 Å². The molecule has 2 aliphatic heterocycles. The van der Waals surface area contributed by atoms with Crippen LogP contribution in [0, 0.1) is 5.92 Å². The average Bonchev–Trinajstić information content (AvgIpc) is 2.84. The molecule has 2 heterocycles. The minimum atomic E-state index is 0. The molecule has 2 aliphatic rings. The van der Waals surface area contributed by atoms with Crippen LogP contribution in [-0.4, -0.2) is 49.1 Å². The number of piperidine rings is 1. The highest BCUT2D eigenvalue weighted by Gasteiger charge is 2.14.